The Hall–Kier alpha value is -1.13. The van der Waals surface area contributed by atoms with Gasteiger partial charge in [0.15, 0.2) is 0 Å². The summed E-state index contributed by atoms with van der Waals surface area (Å²) >= 11 is 5.79. The first-order valence-electron chi connectivity index (χ1n) is 6.78. The second kappa shape index (κ2) is 6.35. The van der Waals surface area contributed by atoms with Crippen LogP contribution in [0.1, 0.15) is 36.7 Å². The molecule has 0 aromatic carbocycles. The van der Waals surface area contributed by atoms with Crippen molar-refractivity contribution < 1.29 is 4.79 Å². The van der Waals surface area contributed by atoms with Crippen LogP contribution in [0.5, 0.6) is 0 Å². The Bertz CT molecular complexity index is 435. The zero-order valence-electron chi connectivity index (χ0n) is 11.2. The average Bonchev–Trinajstić information content (AvgIpc) is 2.46. The smallest absolute Gasteiger partial charge is 0.272 e. The molecule has 2 rings (SSSR count). The van der Waals surface area contributed by atoms with Gasteiger partial charge >= 0.3 is 0 Å². The van der Waals surface area contributed by atoms with E-state index in [1.54, 1.807) is 12.1 Å². The first kappa shape index (κ1) is 14.3. The molecule has 2 unspecified atom stereocenters. The number of aromatic nitrogens is 1. The second-order valence-corrected chi connectivity index (χ2v) is 5.48. The van der Waals surface area contributed by atoms with Crippen LogP contribution < -0.4 is 5.73 Å². The highest BCUT2D eigenvalue weighted by Crippen LogP contribution is 2.26. The van der Waals surface area contributed by atoms with Gasteiger partial charge < -0.3 is 10.6 Å². The van der Waals surface area contributed by atoms with Crippen LogP contribution in [0.25, 0.3) is 0 Å². The van der Waals surface area contributed by atoms with E-state index in [0.29, 0.717) is 23.2 Å². The average molecular weight is 282 g/mol. The van der Waals surface area contributed by atoms with Gasteiger partial charge in [-0.05, 0) is 30.9 Å². The Morgan fingerprint density at radius 1 is 1.58 bits per heavy atom. The monoisotopic (exact) mass is 281 g/mol. The molecule has 1 aliphatic heterocycles. The highest BCUT2D eigenvalue weighted by atomic mass is 35.5. The molecule has 0 aliphatic carbocycles. The van der Waals surface area contributed by atoms with E-state index in [2.05, 4.69) is 11.9 Å². The van der Waals surface area contributed by atoms with E-state index in [1.807, 2.05) is 4.90 Å². The van der Waals surface area contributed by atoms with Crippen LogP contribution in [0.2, 0.25) is 5.02 Å². The Morgan fingerprint density at radius 3 is 2.95 bits per heavy atom. The molecular weight excluding hydrogens is 262 g/mol. The number of nitrogens with zero attached hydrogens (tertiary/aromatic N) is 2. The van der Waals surface area contributed by atoms with E-state index in [9.17, 15) is 4.79 Å². The van der Waals surface area contributed by atoms with Gasteiger partial charge in [-0.2, -0.15) is 0 Å². The van der Waals surface area contributed by atoms with Crippen molar-refractivity contribution in [3.63, 3.8) is 0 Å². The maximum atomic E-state index is 12.4. The summed E-state index contributed by atoms with van der Waals surface area (Å²) in [6.07, 6.45) is 4.70. The third-order valence-electron chi connectivity index (χ3n) is 3.88. The number of piperidine rings is 1. The zero-order chi connectivity index (χ0) is 13.8. The van der Waals surface area contributed by atoms with Gasteiger partial charge in [0, 0.05) is 25.3 Å². The van der Waals surface area contributed by atoms with E-state index in [-0.39, 0.29) is 11.9 Å². The molecule has 1 aromatic heterocycles. The van der Waals surface area contributed by atoms with Gasteiger partial charge in [0.2, 0.25) is 0 Å². The number of amides is 1. The first-order valence-corrected chi connectivity index (χ1v) is 7.16. The fraction of sp³-hybridized carbons (Fsp3) is 0.571. The number of pyridine rings is 1. The minimum absolute atomic E-state index is 0.0401. The zero-order valence-corrected chi connectivity index (χ0v) is 11.9. The third kappa shape index (κ3) is 3.25. The number of hydrogen-bond acceptors (Lipinski definition) is 3. The van der Waals surface area contributed by atoms with Crippen molar-refractivity contribution in [2.24, 2.45) is 11.7 Å². The quantitative estimate of drug-likeness (QED) is 0.925. The van der Waals surface area contributed by atoms with Crippen LogP contribution in [0.3, 0.4) is 0 Å². The molecule has 0 bridgehead atoms. The van der Waals surface area contributed by atoms with Crippen molar-refractivity contribution in [1.82, 2.24) is 9.88 Å². The predicted octanol–water partition coefficient (Wildman–Crippen LogP) is 2.32. The summed E-state index contributed by atoms with van der Waals surface area (Å²) in [4.78, 5) is 18.4. The minimum Gasteiger partial charge on any atom is -0.333 e. The topological polar surface area (TPSA) is 59.2 Å². The van der Waals surface area contributed by atoms with E-state index >= 15 is 0 Å². The summed E-state index contributed by atoms with van der Waals surface area (Å²) in [6.45, 7) is 3.47. The van der Waals surface area contributed by atoms with Crippen LogP contribution in [0, 0.1) is 5.92 Å². The molecule has 1 fully saturated rings. The highest BCUT2D eigenvalue weighted by Gasteiger charge is 2.30. The Balaban J connectivity index is 2.11. The fourth-order valence-electron chi connectivity index (χ4n) is 2.65. The number of likely N-dealkylation sites (tertiary alicyclic amines) is 1. The lowest BCUT2D eigenvalue weighted by Crippen LogP contribution is -2.49. The number of rotatable bonds is 3. The Labute approximate surface area is 118 Å². The highest BCUT2D eigenvalue weighted by molar-refractivity contribution is 6.30. The normalized spacial score (nSPS) is 23.4. The first-order chi connectivity index (χ1) is 9.15. The largest absolute Gasteiger partial charge is 0.333 e. The summed E-state index contributed by atoms with van der Waals surface area (Å²) < 4.78 is 0. The van der Waals surface area contributed by atoms with Gasteiger partial charge in [-0.25, -0.2) is 4.98 Å². The van der Waals surface area contributed by atoms with Crippen LogP contribution >= 0.6 is 11.6 Å². The molecule has 1 amide bonds. The molecule has 104 valence electrons. The minimum atomic E-state index is -0.0401. The van der Waals surface area contributed by atoms with Crippen molar-refractivity contribution in [2.75, 3.05) is 13.1 Å². The van der Waals surface area contributed by atoms with E-state index < -0.39 is 0 Å². The van der Waals surface area contributed by atoms with Gasteiger partial charge in [0.05, 0.1) is 5.02 Å². The van der Waals surface area contributed by atoms with Crippen molar-refractivity contribution in [3.8, 4) is 0 Å². The summed E-state index contributed by atoms with van der Waals surface area (Å²) in [5.74, 6) is 0.637. The van der Waals surface area contributed by atoms with Crippen molar-refractivity contribution in [2.45, 2.75) is 32.2 Å². The van der Waals surface area contributed by atoms with Crippen LogP contribution in [0.4, 0.5) is 0 Å². The molecular formula is C14H20ClN3O. The molecule has 2 N–H and O–H groups in total. The lowest BCUT2D eigenvalue weighted by atomic mass is 9.88. The number of nitrogens with two attached hydrogens (primary N) is 1. The fourth-order valence-corrected chi connectivity index (χ4v) is 2.76. The molecule has 4 nitrogen and oxygen atoms in total. The SMILES string of the molecule is CCC1CCN(C(=O)c2ccc(Cl)cn2)C(CN)C1. The molecule has 19 heavy (non-hydrogen) atoms. The number of hydrogen-bond donors (Lipinski definition) is 1. The molecule has 1 aliphatic rings. The van der Waals surface area contributed by atoms with Gasteiger partial charge in [-0.15, -0.1) is 0 Å². The maximum Gasteiger partial charge on any atom is 0.272 e. The van der Waals surface area contributed by atoms with E-state index in [4.69, 9.17) is 17.3 Å². The van der Waals surface area contributed by atoms with Crippen LogP contribution in [-0.2, 0) is 0 Å². The molecule has 0 radical (unpaired) electrons. The molecule has 5 heteroatoms. The lowest BCUT2D eigenvalue weighted by Gasteiger charge is -2.38. The number of carbonyl (C=O) groups is 1. The second-order valence-electron chi connectivity index (χ2n) is 5.05. The molecule has 0 spiro atoms. The van der Waals surface area contributed by atoms with Crippen LogP contribution in [-0.4, -0.2) is 34.9 Å². The van der Waals surface area contributed by atoms with Gasteiger partial charge in [0.1, 0.15) is 5.69 Å². The number of halogens is 1. The molecule has 0 saturated carbocycles. The Morgan fingerprint density at radius 2 is 2.37 bits per heavy atom. The molecule has 1 saturated heterocycles. The summed E-state index contributed by atoms with van der Waals surface area (Å²) in [5.41, 5.74) is 6.26. The molecule has 2 atom stereocenters. The predicted molar refractivity (Wildman–Crippen MR) is 76.1 cm³/mol. The molecule has 1 aromatic rings. The van der Waals surface area contributed by atoms with Gasteiger partial charge in [-0.1, -0.05) is 24.9 Å². The van der Waals surface area contributed by atoms with E-state index in [0.717, 1.165) is 25.8 Å². The third-order valence-corrected chi connectivity index (χ3v) is 4.10. The van der Waals surface area contributed by atoms with Crippen molar-refractivity contribution >= 4 is 17.5 Å². The van der Waals surface area contributed by atoms with Crippen molar-refractivity contribution in [3.05, 3.63) is 29.0 Å². The van der Waals surface area contributed by atoms with Gasteiger partial charge in [0.25, 0.3) is 5.91 Å². The standard InChI is InChI=1S/C14H20ClN3O/c1-2-10-5-6-18(12(7-10)8-16)14(19)13-4-3-11(15)9-17-13/h3-4,9-10,12H,2,5-8,16H2,1H3. The van der Waals surface area contributed by atoms with Crippen LogP contribution in [0.15, 0.2) is 18.3 Å². The van der Waals surface area contributed by atoms with Gasteiger partial charge in [-0.3, -0.25) is 4.79 Å². The molecule has 2 heterocycles. The summed E-state index contributed by atoms with van der Waals surface area (Å²) in [7, 11) is 0. The summed E-state index contributed by atoms with van der Waals surface area (Å²) in [5, 5.41) is 0.539. The Kier molecular flexibility index (Phi) is 4.77. The maximum absolute atomic E-state index is 12.4. The summed E-state index contributed by atoms with van der Waals surface area (Å²) in [6, 6.07) is 3.49. The number of carbonyl (C=O) groups excluding carboxylic acids is 1. The van der Waals surface area contributed by atoms with E-state index in [1.165, 1.54) is 6.20 Å². The lowest BCUT2D eigenvalue weighted by molar-refractivity contribution is 0.0552. The van der Waals surface area contributed by atoms with Crippen molar-refractivity contribution in [1.29, 1.82) is 0 Å².